The lowest BCUT2D eigenvalue weighted by Gasteiger charge is -2.38. The fourth-order valence-electron chi connectivity index (χ4n) is 3.55. The Hall–Kier alpha value is -2.37. The second kappa shape index (κ2) is 6.26. The normalized spacial score (nSPS) is 25.1. The fourth-order valence-corrected chi connectivity index (χ4v) is 3.55. The monoisotopic (exact) mass is 333 g/mol. The van der Waals surface area contributed by atoms with Crippen molar-refractivity contribution in [2.24, 2.45) is 16.7 Å². The Morgan fingerprint density at radius 3 is 2.42 bits per heavy atom. The highest BCUT2D eigenvalue weighted by Crippen LogP contribution is 2.56. The maximum absolute atomic E-state index is 12.7. The number of aromatic carboxylic acids is 1. The number of methoxy groups -OCH3 is 1. The minimum Gasteiger partial charge on any atom is -0.478 e. The molecule has 0 aromatic heterocycles. The molecule has 24 heavy (non-hydrogen) atoms. The molecule has 1 amide bonds. The Labute approximate surface area is 141 Å². The first kappa shape index (κ1) is 18.0. The average molecular weight is 333 g/mol. The van der Waals surface area contributed by atoms with E-state index in [1.54, 1.807) is 18.2 Å². The maximum Gasteiger partial charge on any atom is 0.337 e. The highest BCUT2D eigenvalue weighted by molar-refractivity contribution is 6.01. The molecule has 2 N–H and O–H groups in total. The molecule has 1 aliphatic rings. The summed E-state index contributed by atoms with van der Waals surface area (Å²) in [5.74, 6) is -2.12. The van der Waals surface area contributed by atoms with Gasteiger partial charge in [0, 0.05) is 5.92 Å². The molecular weight excluding hydrogens is 310 g/mol. The smallest absolute Gasteiger partial charge is 0.337 e. The molecule has 6 heteroatoms. The molecule has 0 unspecified atom stereocenters. The standard InChI is InChI=1S/C18H23NO5/c1-17(2)12(9-10-18(17,3)16(23)24-4)14(20)19-13-8-6-5-7-11(13)15(21)22/h5-8,12H,9-10H2,1-4H3,(H,19,20)(H,21,22)/t12-,18-/m0/s1. The summed E-state index contributed by atoms with van der Waals surface area (Å²) in [6.45, 7) is 5.58. The Morgan fingerprint density at radius 1 is 1.21 bits per heavy atom. The summed E-state index contributed by atoms with van der Waals surface area (Å²) in [4.78, 5) is 36.2. The van der Waals surface area contributed by atoms with Crippen LogP contribution < -0.4 is 5.32 Å². The number of nitrogens with one attached hydrogen (secondary N) is 1. The number of ether oxygens (including phenoxy) is 1. The lowest BCUT2D eigenvalue weighted by molar-refractivity contribution is -0.158. The number of carboxylic acids is 1. The number of hydrogen-bond acceptors (Lipinski definition) is 4. The molecule has 130 valence electrons. The van der Waals surface area contributed by atoms with Crippen molar-refractivity contribution in [2.75, 3.05) is 12.4 Å². The minimum absolute atomic E-state index is 0.0392. The zero-order valence-electron chi connectivity index (χ0n) is 14.4. The third-order valence-corrected chi connectivity index (χ3v) is 5.59. The van der Waals surface area contributed by atoms with Crippen LogP contribution in [0.25, 0.3) is 0 Å². The largest absolute Gasteiger partial charge is 0.478 e. The average Bonchev–Trinajstić information content (AvgIpc) is 2.78. The van der Waals surface area contributed by atoms with Crippen LogP contribution in [-0.2, 0) is 14.3 Å². The van der Waals surface area contributed by atoms with Gasteiger partial charge in [-0.2, -0.15) is 0 Å². The van der Waals surface area contributed by atoms with Crippen molar-refractivity contribution in [2.45, 2.75) is 33.6 Å². The van der Waals surface area contributed by atoms with Crippen LogP contribution in [-0.4, -0.2) is 30.1 Å². The van der Waals surface area contributed by atoms with Crippen LogP contribution in [0.15, 0.2) is 24.3 Å². The van der Waals surface area contributed by atoms with Crippen LogP contribution in [0.3, 0.4) is 0 Å². The zero-order valence-corrected chi connectivity index (χ0v) is 14.4. The summed E-state index contributed by atoms with van der Waals surface area (Å²) >= 11 is 0. The first-order valence-corrected chi connectivity index (χ1v) is 7.86. The van der Waals surface area contributed by atoms with E-state index in [9.17, 15) is 19.5 Å². The predicted octanol–water partition coefficient (Wildman–Crippen LogP) is 2.94. The van der Waals surface area contributed by atoms with Gasteiger partial charge in [0.05, 0.1) is 23.8 Å². The summed E-state index contributed by atoms with van der Waals surface area (Å²) in [7, 11) is 1.35. The van der Waals surface area contributed by atoms with Gasteiger partial charge in [-0.05, 0) is 37.3 Å². The van der Waals surface area contributed by atoms with Crippen molar-refractivity contribution in [3.8, 4) is 0 Å². The van der Waals surface area contributed by atoms with Gasteiger partial charge in [0.2, 0.25) is 5.91 Å². The molecule has 0 spiro atoms. The number of amides is 1. The second-order valence-corrected chi connectivity index (χ2v) is 6.98. The molecule has 1 aromatic carbocycles. The molecule has 0 radical (unpaired) electrons. The van der Waals surface area contributed by atoms with Crippen molar-refractivity contribution in [1.82, 2.24) is 0 Å². The van der Waals surface area contributed by atoms with Gasteiger partial charge in [0.1, 0.15) is 0 Å². The molecule has 1 aromatic rings. The van der Waals surface area contributed by atoms with Crippen LogP contribution in [0, 0.1) is 16.7 Å². The van der Waals surface area contributed by atoms with Gasteiger partial charge in [-0.15, -0.1) is 0 Å². The van der Waals surface area contributed by atoms with Gasteiger partial charge in [0.25, 0.3) is 0 Å². The molecule has 0 saturated heterocycles. The molecule has 0 heterocycles. The molecule has 0 aliphatic heterocycles. The number of benzene rings is 1. The van der Waals surface area contributed by atoms with Crippen LogP contribution in [0.2, 0.25) is 0 Å². The van der Waals surface area contributed by atoms with E-state index in [0.717, 1.165) is 0 Å². The van der Waals surface area contributed by atoms with Gasteiger partial charge in [-0.25, -0.2) is 4.79 Å². The number of hydrogen-bond donors (Lipinski definition) is 2. The van der Waals surface area contributed by atoms with E-state index in [2.05, 4.69) is 5.32 Å². The number of esters is 1. The first-order chi connectivity index (χ1) is 11.1. The molecule has 2 rings (SSSR count). The van der Waals surface area contributed by atoms with Crippen molar-refractivity contribution >= 4 is 23.5 Å². The maximum atomic E-state index is 12.7. The Bertz CT molecular complexity index is 682. The van der Waals surface area contributed by atoms with E-state index in [1.807, 2.05) is 20.8 Å². The highest BCUT2D eigenvalue weighted by Gasteiger charge is 2.58. The molecular formula is C18H23NO5. The molecule has 6 nitrogen and oxygen atoms in total. The second-order valence-electron chi connectivity index (χ2n) is 6.98. The van der Waals surface area contributed by atoms with E-state index in [0.29, 0.717) is 12.8 Å². The summed E-state index contributed by atoms with van der Waals surface area (Å²) in [5.41, 5.74) is -1.06. The molecule has 1 fully saturated rings. The first-order valence-electron chi connectivity index (χ1n) is 7.86. The summed E-state index contributed by atoms with van der Waals surface area (Å²) in [6.07, 6.45) is 1.09. The van der Waals surface area contributed by atoms with Crippen molar-refractivity contribution in [1.29, 1.82) is 0 Å². The number of para-hydroxylation sites is 1. The van der Waals surface area contributed by atoms with Crippen LogP contribution >= 0.6 is 0 Å². The summed E-state index contributed by atoms with van der Waals surface area (Å²) in [5, 5.41) is 11.9. The third-order valence-electron chi connectivity index (χ3n) is 5.59. The lowest BCUT2D eigenvalue weighted by atomic mass is 9.65. The van der Waals surface area contributed by atoms with Crippen LogP contribution in [0.1, 0.15) is 44.0 Å². The zero-order chi connectivity index (χ0) is 18.1. The predicted molar refractivity (Wildman–Crippen MR) is 88.7 cm³/mol. The van der Waals surface area contributed by atoms with Gasteiger partial charge >= 0.3 is 11.9 Å². The minimum atomic E-state index is -1.10. The number of anilines is 1. The van der Waals surface area contributed by atoms with E-state index in [1.165, 1.54) is 13.2 Å². The van der Waals surface area contributed by atoms with E-state index < -0.39 is 22.7 Å². The van der Waals surface area contributed by atoms with Crippen molar-refractivity contribution in [3.63, 3.8) is 0 Å². The molecule has 0 bridgehead atoms. The number of carboxylic acid groups (broad SMARTS) is 1. The Kier molecular flexibility index (Phi) is 4.69. The highest BCUT2D eigenvalue weighted by atomic mass is 16.5. The number of rotatable bonds is 4. The Balaban J connectivity index is 2.26. The van der Waals surface area contributed by atoms with Crippen molar-refractivity contribution < 1.29 is 24.2 Å². The Morgan fingerprint density at radius 2 is 1.83 bits per heavy atom. The number of carbonyl (C=O) groups is 3. The van der Waals surface area contributed by atoms with Gasteiger partial charge in [-0.1, -0.05) is 26.0 Å². The quantitative estimate of drug-likeness (QED) is 0.826. The van der Waals surface area contributed by atoms with Crippen LogP contribution in [0.4, 0.5) is 5.69 Å². The lowest BCUT2D eigenvalue weighted by Crippen LogP contribution is -2.44. The van der Waals surface area contributed by atoms with Crippen molar-refractivity contribution in [3.05, 3.63) is 29.8 Å². The van der Waals surface area contributed by atoms with E-state index in [-0.39, 0.29) is 23.1 Å². The summed E-state index contributed by atoms with van der Waals surface area (Å²) in [6, 6.07) is 6.27. The fraction of sp³-hybridized carbons (Fsp3) is 0.500. The summed E-state index contributed by atoms with van der Waals surface area (Å²) < 4.78 is 4.92. The van der Waals surface area contributed by atoms with E-state index in [4.69, 9.17) is 4.74 Å². The number of carbonyl (C=O) groups excluding carboxylic acids is 2. The van der Waals surface area contributed by atoms with Crippen LogP contribution in [0.5, 0.6) is 0 Å². The molecule has 1 saturated carbocycles. The molecule has 2 atom stereocenters. The third kappa shape index (κ3) is 2.77. The molecule has 1 aliphatic carbocycles. The SMILES string of the molecule is COC(=O)[C@]1(C)CC[C@@H](C(=O)Nc2ccccc2C(=O)O)C1(C)C. The van der Waals surface area contributed by atoms with Gasteiger partial charge in [0.15, 0.2) is 0 Å². The topological polar surface area (TPSA) is 92.7 Å². The van der Waals surface area contributed by atoms with Gasteiger partial charge in [-0.3, -0.25) is 9.59 Å². The van der Waals surface area contributed by atoms with E-state index >= 15 is 0 Å². The van der Waals surface area contributed by atoms with Gasteiger partial charge < -0.3 is 15.2 Å².